The standard InChI is InChI=1S/C27H21N3O3/c31-21-11-6-19(7-12-21)16-24-27(33)30-17-25(20-9-13-22(32)14-10-20)28-23(26(30)29-24)15-8-18-4-2-1-3-5-18/h1-15,17,24,31-32H,16H2/p+1. The molecule has 6 nitrogen and oxygen atoms in total. The fraction of sp³-hybridized carbons (Fsp3) is 0.0741. The van der Waals surface area contributed by atoms with E-state index < -0.39 is 6.04 Å². The Morgan fingerprint density at radius 2 is 1.55 bits per heavy atom. The summed E-state index contributed by atoms with van der Waals surface area (Å²) in [6, 6.07) is 23.1. The first-order chi connectivity index (χ1) is 16.1. The van der Waals surface area contributed by atoms with Crippen molar-refractivity contribution in [3.8, 4) is 22.8 Å². The van der Waals surface area contributed by atoms with Crippen LogP contribution in [0.5, 0.6) is 11.5 Å². The second-order valence-corrected chi connectivity index (χ2v) is 7.93. The second kappa shape index (κ2) is 8.59. The van der Waals surface area contributed by atoms with Gasteiger partial charge in [0.1, 0.15) is 23.4 Å². The molecule has 3 N–H and O–H groups in total. The smallest absolute Gasteiger partial charge is 0.359 e. The molecule has 1 unspecified atom stereocenters. The molecule has 0 fully saturated rings. The number of nitrogens with one attached hydrogen (secondary N) is 1. The molecule has 0 aliphatic carbocycles. The zero-order chi connectivity index (χ0) is 22.8. The minimum Gasteiger partial charge on any atom is -0.508 e. The van der Waals surface area contributed by atoms with Crippen LogP contribution in [0.15, 0.2) is 85.1 Å². The van der Waals surface area contributed by atoms with Gasteiger partial charge in [0.2, 0.25) is 0 Å². The molecule has 0 bridgehead atoms. The Kier molecular flexibility index (Phi) is 5.32. The highest BCUT2D eigenvalue weighted by molar-refractivity contribution is 5.85. The number of rotatable bonds is 5. The summed E-state index contributed by atoms with van der Waals surface area (Å²) in [6.07, 6.45) is 6.07. The van der Waals surface area contributed by atoms with Crippen LogP contribution in [0, 0.1) is 0 Å². The van der Waals surface area contributed by atoms with Crippen molar-refractivity contribution in [2.45, 2.75) is 12.5 Å². The van der Waals surface area contributed by atoms with Crippen molar-refractivity contribution in [3.63, 3.8) is 0 Å². The summed E-state index contributed by atoms with van der Waals surface area (Å²) >= 11 is 0. The highest BCUT2D eigenvalue weighted by atomic mass is 16.3. The fourth-order valence-corrected chi connectivity index (χ4v) is 3.87. The zero-order valence-electron chi connectivity index (χ0n) is 17.7. The van der Waals surface area contributed by atoms with Crippen LogP contribution in [0.25, 0.3) is 23.4 Å². The Labute approximate surface area is 191 Å². The number of nitrogens with zero attached hydrogens (tertiary/aromatic N) is 2. The molecule has 0 amide bonds. The highest BCUT2D eigenvalue weighted by Crippen LogP contribution is 2.26. The molecule has 3 aromatic carbocycles. The monoisotopic (exact) mass is 436 g/mol. The molecule has 1 aromatic heterocycles. The van der Waals surface area contributed by atoms with E-state index in [9.17, 15) is 15.0 Å². The second-order valence-electron chi connectivity index (χ2n) is 7.93. The SMILES string of the molecule is O=C1C(Cc2ccc(O)cc2)Nc2c(C=Cc3ccccc3)nc(-c3ccc(O)cc3)c[n+]21. The Balaban J connectivity index is 1.54. The maximum atomic E-state index is 13.3. The number of phenols is 2. The first kappa shape index (κ1) is 20.5. The Morgan fingerprint density at radius 1 is 0.879 bits per heavy atom. The van der Waals surface area contributed by atoms with Crippen LogP contribution in [0.4, 0.5) is 5.82 Å². The van der Waals surface area contributed by atoms with Gasteiger partial charge in [-0.25, -0.2) is 9.78 Å². The summed E-state index contributed by atoms with van der Waals surface area (Å²) in [5.74, 6) is 0.926. The van der Waals surface area contributed by atoms with Crippen molar-refractivity contribution in [2.75, 3.05) is 5.32 Å². The van der Waals surface area contributed by atoms with Gasteiger partial charge in [0.25, 0.3) is 0 Å². The van der Waals surface area contributed by atoms with E-state index in [1.165, 1.54) is 0 Å². The van der Waals surface area contributed by atoms with Gasteiger partial charge in [-0.3, -0.25) is 5.32 Å². The van der Waals surface area contributed by atoms with Gasteiger partial charge in [0.05, 0.1) is 0 Å². The molecule has 1 aliphatic heterocycles. The lowest BCUT2D eigenvalue weighted by molar-refractivity contribution is -0.552. The number of carbonyl (C=O) groups is 1. The Hall–Kier alpha value is -4.45. The molecule has 0 saturated carbocycles. The molecule has 0 saturated heterocycles. The molecule has 2 heterocycles. The lowest BCUT2D eigenvalue weighted by atomic mass is 10.1. The van der Waals surface area contributed by atoms with Crippen LogP contribution < -0.4 is 9.88 Å². The van der Waals surface area contributed by atoms with Gasteiger partial charge in [0.15, 0.2) is 11.7 Å². The van der Waals surface area contributed by atoms with Crippen molar-refractivity contribution in [3.05, 3.63) is 102 Å². The molecule has 6 heteroatoms. The van der Waals surface area contributed by atoms with Gasteiger partial charge in [0, 0.05) is 12.0 Å². The van der Waals surface area contributed by atoms with Crippen molar-refractivity contribution in [2.24, 2.45) is 0 Å². The van der Waals surface area contributed by atoms with E-state index in [0.717, 1.165) is 16.7 Å². The number of benzene rings is 3. The number of phenolic OH excluding ortho intramolecular Hbond substituents is 2. The molecular weight excluding hydrogens is 414 g/mol. The first-order valence-electron chi connectivity index (χ1n) is 10.6. The number of hydrogen-bond acceptors (Lipinski definition) is 5. The molecule has 4 aromatic rings. The van der Waals surface area contributed by atoms with Crippen LogP contribution >= 0.6 is 0 Å². The average Bonchev–Trinajstić information content (AvgIpc) is 3.15. The van der Waals surface area contributed by atoms with E-state index in [4.69, 9.17) is 4.98 Å². The highest BCUT2D eigenvalue weighted by Gasteiger charge is 2.40. The third-order valence-electron chi connectivity index (χ3n) is 5.59. The molecule has 5 rings (SSSR count). The van der Waals surface area contributed by atoms with Crippen LogP contribution in [0.3, 0.4) is 0 Å². The summed E-state index contributed by atoms with van der Waals surface area (Å²) in [6.45, 7) is 0. The molecule has 0 spiro atoms. The average molecular weight is 436 g/mol. The Bertz CT molecular complexity index is 1330. The van der Waals surface area contributed by atoms with E-state index in [-0.39, 0.29) is 17.4 Å². The third-order valence-corrected chi connectivity index (χ3v) is 5.59. The van der Waals surface area contributed by atoms with Crippen molar-refractivity contribution < 1.29 is 19.6 Å². The maximum absolute atomic E-state index is 13.3. The van der Waals surface area contributed by atoms with E-state index in [0.29, 0.717) is 23.6 Å². The van der Waals surface area contributed by atoms with Gasteiger partial charge in [-0.1, -0.05) is 48.5 Å². The predicted molar refractivity (Wildman–Crippen MR) is 127 cm³/mol. The molecule has 33 heavy (non-hydrogen) atoms. The van der Waals surface area contributed by atoms with Gasteiger partial charge < -0.3 is 10.2 Å². The van der Waals surface area contributed by atoms with E-state index in [1.54, 1.807) is 47.2 Å². The number of fused-ring (bicyclic) bond motifs is 1. The summed E-state index contributed by atoms with van der Waals surface area (Å²) in [5, 5.41) is 22.5. The van der Waals surface area contributed by atoms with Gasteiger partial charge >= 0.3 is 11.7 Å². The number of aromatic nitrogens is 2. The summed E-state index contributed by atoms with van der Waals surface area (Å²) in [7, 11) is 0. The minimum absolute atomic E-state index is 0.0742. The zero-order valence-corrected chi connectivity index (χ0v) is 17.7. The van der Waals surface area contributed by atoms with Crippen molar-refractivity contribution in [1.82, 2.24) is 4.98 Å². The predicted octanol–water partition coefficient (Wildman–Crippen LogP) is 4.29. The summed E-state index contributed by atoms with van der Waals surface area (Å²) in [4.78, 5) is 18.1. The minimum atomic E-state index is -0.449. The lowest BCUT2D eigenvalue weighted by Gasteiger charge is -2.04. The van der Waals surface area contributed by atoms with Crippen molar-refractivity contribution in [1.29, 1.82) is 0 Å². The van der Waals surface area contributed by atoms with Crippen LogP contribution in [-0.2, 0) is 6.42 Å². The number of carbonyl (C=O) groups excluding carboxylic acids is 1. The fourth-order valence-electron chi connectivity index (χ4n) is 3.87. The van der Waals surface area contributed by atoms with Gasteiger partial charge in [-0.15, -0.1) is 0 Å². The van der Waals surface area contributed by atoms with E-state index in [1.807, 2.05) is 54.6 Å². The lowest BCUT2D eigenvalue weighted by Crippen LogP contribution is -2.44. The van der Waals surface area contributed by atoms with Gasteiger partial charge in [-0.2, -0.15) is 4.57 Å². The quantitative estimate of drug-likeness (QED) is 0.406. The van der Waals surface area contributed by atoms with Crippen LogP contribution in [0.2, 0.25) is 0 Å². The largest absolute Gasteiger partial charge is 0.508 e. The number of hydrogen-bond donors (Lipinski definition) is 3. The third kappa shape index (κ3) is 4.32. The molecule has 1 aliphatic rings. The van der Waals surface area contributed by atoms with E-state index in [2.05, 4.69) is 5.32 Å². The van der Waals surface area contributed by atoms with Gasteiger partial charge in [-0.05, 0) is 53.6 Å². The maximum Gasteiger partial charge on any atom is 0.359 e. The number of anilines is 1. The van der Waals surface area contributed by atoms with Crippen LogP contribution in [-0.4, -0.2) is 27.1 Å². The summed E-state index contributed by atoms with van der Waals surface area (Å²) in [5.41, 5.74) is 4.04. The first-order valence-corrected chi connectivity index (χ1v) is 10.6. The topological polar surface area (TPSA) is 86.3 Å². The van der Waals surface area contributed by atoms with Crippen molar-refractivity contribution >= 4 is 23.9 Å². The number of aromatic hydroxyl groups is 2. The van der Waals surface area contributed by atoms with Crippen LogP contribution in [0.1, 0.15) is 21.6 Å². The molecular formula is C27H22N3O3+. The molecule has 1 atom stereocenters. The normalized spacial score (nSPS) is 14.9. The molecule has 0 radical (unpaired) electrons. The van der Waals surface area contributed by atoms with E-state index >= 15 is 0 Å². The Morgan fingerprint density at radius 3 is 2.24 bits per heavy atom. The molecule has 162 valence electrons. The summed E-state index contributed by atoms with van der Waals surface area (Å²) < 4.78 is 1.62.